The second kappa shape index (κ2) is 3.52. The average molecular weight is 282 g/mol. The normalized spacial score (nSPS) is 15.7. The Bertz CT molecular complexity index is 316. The fraction of sp³-hybridized carbons (Fsp3) is 0. The number of halogens is 1. The van der Waals surface area contributed by atoms with Crippen LogP contribution in [0.2, 0.25) is 0 Å². The van der Waals surface area contributed by atoms with Gasteiger partial charge in [-0.1, -0.05) is 0 Å². The second-order valence-electron chi connectivity index (χ2n) is 1.66. The predicted molar refractivity (Wildman–Crippen MR) is 50.2 cm³/mol. The third-order valence-corrected chi connectivity index (χ3v) is 3.38. The molecule has 0 aromatic carbocycles. The van der Waals surface area contributed by atoms with E-state index in [4.69, 9.17) is 10.2 Å². The molecule has 12 heavy (non-hydrogen) atoms. The number of rotatable bonds is 2. The molecule has 0 aromatic heterocycles. The Morgan fingerprint density at radius 2 is 2.00 bits per heavy atom. The van der Waals surface area contributed by atoms with E-state index in [1.54, 1.807) is 0 Å². The smallest absolute Gasteiger partial charge is 0.360 e. The fourth-order valence-corrected chi connectivity index (χ4v) is 1.93. The molecule has 0 saturated carbocycles. The van der Waals surface area contributed by atoms with E-state index >= 15 is 0 Å². The minimum Gasteiger partial charge on any atom is -0.476 e. The lowest BCUT2D eigenvalue weighted by molar-refractivity contribution is -0.129. The van der Waals surface area contributed by atoms with Gasteiger partial charge in [-0.3, -0.25) is 0 Å². The molecule has 64 valence electrons. The van der Waals surface area contributed by atoms with Crippen LogP contribution in [-0.2, 0) is 9.59 Å². The highest BCUT2D eigenvalue weighted by atomic mass is 127. The molecule has 0 fully saturated rings. The summed E-state index contributed by atoms with van der Waals surface area (Å²) in [4.78, 5) is 27.6. The van der Waals surface area contributed by atoms with Gasteiger partial charge in [0.15, 0.2) is 7.35 Å². The number of aliphatic imine (C=N–C) groups is 2. The van der Waals surface area contributed by atoms with Gasteiger partial charge in [-0.25, -0.2) is 19.6 Å². The lowest BCUT2D eigenvalue weighted by atomic mass is 10.7. The molecule has 1 heterocycles. The Hall–Kier alpha value is -1.12. The summed E-state index contributed by atoms with van der Waals surface area (Å²) in [6, 6.07) is 0. The summed E-state index contributed by atoms with van der Waals surface area (Å²) in [5, 5.41) is 16.9. The zero-order valence-electron chi connectivity index (χ0n) is 5.56. The minimum absolute atomic E-state index is 0.0961. The van der Waals surface area contributed by atoms with Crippen molar-refractivity contribution in [3.63, 3.8) is 0 Å². The summed E-state index contributed by atoms with van der Waals surface area (Å²) in [5.74, 6) is -2.35. The molecule has 0 bridgehead atoms. The Kier molecular flexibility index (Phi) is 2.63. The number of hydrogen-bond acceptors (Lipinski definition) is 4. The van der Waals surface area contributed by atoms with Gasteiger partial charge in [-0.2, -0.15) is 0 Å². The van der Waals surface area contributed by atoms with Gasteiger partial charge >= 0.3 is 11.9 Å². The first-order chi connectivity index (χ1) is 5.61. The van der Waals surface area contributed by atoms with Crippen LogP contribution >= 0.6 is 20.7 Å². The second-order valence-corrected chi connectivity index (χ2v) is 4.24. The highest BCUT2D eigenvalue weighted by Crippen LogP contribution is 2.09. The molecule has 0 radical (unpaired) electrons. The predicted octanol–water partition coefficient (Wildman–Crippen LogP) is -0.303. The Balaban J connectivity index is 2.99. The standard InChI is InChI=1S/C5H3IN2O4/c9-4(10)2-6-3(5(11)12)8-1-7-2/h1H,(H,9,10)(H,11,12). The molecule has 0 aromatic rings. The maximum absolute atomic E-state index is 10.4. The van der Waals surface area contributed by atoms with Gasteiger partial charge in [0.2, 0.25) is 0 Å². The highest BCUT2D eigenvalue weighted by molar-refractivity contribution is 14.2. The fourth-order valence-electron chi connectivity index (χ4n) is 0.455. The molecule has 7 heteroatoms. The molecule has 2 N–H and O–H groups in total. The van der Waals surface area contributed by atoms with E-state index in [1.165, 1.54) is 0 Å². The zero-order valence-corrected chi connectivity index (χ0v) is 7.72. The molecule has 0 saturated heterocycles. The molecule has 6 nitrogen and oxygen atoms in total. The van der Waals surface area contributed by atoms with Crippen molar-refractivity contribution in [3.8, 4) is 0 Å². The Labute approximate surface area is 76.4 Å². The Morgan fingerprint density at radius 3 is 2.50 bits per heavy atom. The van der Waals surface area contributed by atoms with E-state index in [0.29, 0.717) is 0 Å². The van der Waals surface area contributed by atoms with Gasteiger partial charge in [0.05, 0.1) is 0 Å². The lowest BCUT2D eigenvalue weighted by Gasteiger charge is -1.97. The van der Waals surface area contributed by atoms with Crippen molar-refractivity contribution in [1.82, 2.24) is 0 Å². The van der Waals surface area contributed by atoms with Crippen LogP contribution in [0.15, 0.2) is 9.98 Å². The summed E-state index contributed by atoms with van der Waals surface area (Å²) in [6.07, 6.45) is 0.954. The average Bonchev–Trinajstić information content (AvgIpc) is 2.04. The molecular weight excluding hydrogens is 279 g/mol. The van der Waals surface area contributed by atoms with Crippen molar-refractivity contribution < 1.29 is 19.8 Å². The SMILES string of the molecule is O=C(O)C1=NC=NC(C(=O)O)=I1. The number of carboxylic acid groups (broad SMARTS) is 2. The molecule has 1 aliphatic rings. The first-order valence-corrected chi connectivity index (χ1v) is 4.85. The van der Waals surface area contributed by atoms with Crippen LogP contribution in [0.3, 0.4) is 0 Å². The summed E-state index contributed by atoms with van der Waals surface area (Å²) >= 11 is -1.23. The monoisotopic (exact) mass is 282 g/mol. The van der Waals surface area contributed by atoms with E-state index in [9.17, 15) is 9.59 Å². The quantitative estimate of drug-likeness (QED) is 0.679. The third-order valence-electron chi connectivity index (χ3n) is 0.874. The van der Waals surface area contributed by atoms with Crippen LogP contribution in [0.1, 0.15) is 0 Å². The van der Waals surface area contributed by atoms with Crippen molar-refractivity contribution in [1.29, 1.82) is 0 Å². The summed E-state index contributed by atoms with van der Waals surface area (Å²) in [7, 11) is 0. The molecule has 1 rings (SSSR count). The van der Waals surface area contributed by atoms with Crippen LogP contribution in [0, 0.1) is 0 Å². The highest BCUT2D eigenvalue weighted by Gasteiger charge is 2.15. The third kappa shape index (κ3) is 1.94. The number of aliphatic carboxylic acids is 2. The first kappa shape index (κ1) is 8.97. The molecule has 0 atom stereocenters. The number of carbonyl (C=O) groups is 2. The largest absolute Gasteiger partial charge is 0.476 e. The minimum atomic E-state index is -1.23. The number of hydrogen-bond donors (Lipinski definition) is 2. The van der Waals surface area contributed by atoms with E-state index in [0.717, 1.165) is 6.34 Å². The topological polar surface area (TPSA) is 99.3 Å². The summed E-state index contributed by atoms with van der Waals surface area (Å²) in [5.41, 5.74) is 0. The van der Waals surface area contributed by atoms with Crippen LogP contribution in [-0.4, -0.2) is 35.8 Å². The zero-order chi connectivity index (χ0) is 9.14. The summed E-state index contributed by atoms with van der Waals surface area (Å²) < 4.78 is -0.192. The molecule has 0 aliphatic carbocycles. The maximum atomic E-state index is 10.4. The van der Waals surface area contributed by atoms with Gasteiger partial charge in [0.25, 0.3) is 0 Å². The first-order valence-electron chi connectivity index (χ1n) is 2.70. The van der Waals surface area contributed by atoms with Crippen molar-refractivity contribution in [3.05, 3.63) is 0 Å². The van der Waals surface area contributed by atoms with Gasteiger partial charge in [-0.15, -0.1) is 0 Å². The Morgan fingerprint density at radius 1 is 1.33 bits per heavy atom. The van der Waals surface area contributed by atoms with Crippen LogP contribution in [0.4, 0.5) is 0 Å². The summed E-state index contributed by atoms with van der Waals surface area (Å²) in [6.45, 7) is 0. The van der Waals surface area contributed by atoms with E-state index in [1.807, 2.05) is 0 Å². The van der Waals surface area contributed by atoms with Crippen LogP contribution < -0.4 is 0 Å². The van der Waals surface area contributed by atoms with Crippen molar-refractivity contribution in [2.24, 2.45) is 9.98 Å². The van der Waals surface area contributed by atoms with E-state index in [2.05, 4.69) is 9.98 Å². The van der Waals surface area contributed by atoms with Gasteiger partial charge < -0.3 is 10.2 Å². The van der Waals surface area contributed by atoms with E-state index in [-0.39, 0.29) is 7.35 Å². The van der Waals surface area contributed by atoms with Crippen molar-refractivity contribution in [2.45, 2.75) is 0 Å². The molecule has 1 aliphatic heterocycles. The van der Waals surface area contributed by atoms with Crippen molar-refractivity contribution >= 4 is 46.4 Å². The maximum Gasteiger partial charge on any atom is 0.360 e. The molecule has 0 unspecified atom stereocenters. The van der Waals surface area contributed by atoms with Gasteiger partial charge in [0.1, 0.15) is 6.34 Å². The number of carboxylic acids is 2. The van der Waals surface area contributed by atoms with Crippen molar-refractivity contribution in [2.75, 3.05) is 0 Å². The van der Waals surface area contributed by atoms with Crippen LogP contribution in [0.25, 0.3) is 0 Å². The number of nitrogens with zero attached hydrogens (tertiary/aromatic N) is 2. The van der Waals surface area contributed by atoms with Gasteiger partial charge in [0, 0.05) is 0 Å². The van der Waals surface area contributed by atoms with E-state index < -0.39 is 32.7 Å². The lowest BCUT2D eigenvalue weighted by Crippen LogP contribution is -2.15. The molecular formula is C5H3IN2O4. The van der Waals surface area contributed by atoms with Crippen LogP contribution in [0.5, 0.6) is 0 Å². The van der Waals surface area contributed by atoms with Gasteiger partial charge in [-0.05, 0) is 20.7 Å². The molecule has 0 spiro atoms. The molecule has 0 amide bonds.